The molecule has 3 N–H and O–H groups in total. The molecule has 0 saturated carbocycles. The molecule has 0 atom stereocenters. The fourth-order valence-corrected chi connectivity index (χ4v) is 4.11. The van der Waals surface area contributed by atoms with Crippen molar-refractivity contribution in [1.29, 1.82) is 0 Å². The van der Waals surface area contributed by atoms with Crippen LogP contribution in [0.2, 0.25) is 0 Å². The summed E-state index contributed by atoms with van der Waals surface area (Å²) in [5.74, 6) is -3.17. The first-order valence-corrected chi connectivity index (χ1v) is 12.4. The zero-order valence-electron chi connectivity index (χ0n) is 22.5. The van der Waals surface area contributed by atoms with Gasteiger partial charge in [0.2, 0.25) is 5.91 Å². The Kier molecular flexibility index (Phi) is 8.60. The number of hydrogen-bond donors (Lipinski definition) is 3. The van der Waals surface area contributed by atoms with Crippen LogP contribution in [-0.4, -0.2) is 57.9 Å². The van der Waals surface area contributed by atoms with Crippen LogP contribution >= 0.6 is 0 Å². The van der Waals surface area contributed by atoms with Crippen molar-refractivity contribution < 1.29 is 29.0 Å². The Bertz CT molecular complexity index is 1230. The van der Waals surface area contributed by atoms with E-state index >= 15 is 0 Å². The summed E-state index contributed by atoms with van der Waals surface area (Å²) in [6.07, 6.45) is -0.0256. The number of rotatable bonds is 8. The first kappa shape index (κ1) is 28.4. The zero-order valence-corrected chi connectivity index (χ0v) is 22.5. The molecule has 1 aliphatic heterocycles. The minimum atomic E-state index is -0.912. The van der Waals surface area contributed by atoms with E-state index in [-0.39, 0.29) is 19.5 Å². The largest absolute Gasteiger partial charge is 0.511 e. The van der Waals surface area contributed by atoms with Gasteiger partial charge in [0.1, 0.15) is 30.0 Å². The number of benzene rings is 2. The molecule has 2 aromatic carbocycles. The van der Waals surface area contributed by atoms with Crippen LogP contribution in [0.1, 0.15) is 46.6 Å². The van der Waals surface area contributed by atoms with Gasteiger partial charge in [-0.3, -0.25) is 19.2 Å². The standard InChI is InChI=1S/C29H35N3O6/c1-28(2,3)38-24(35)17-31-26(36)25-22(33)15-29(4,5)32(27(25)37)18-23(34)30-16-19-11-13-21(14-12-19)20-9-7-6-8-10-20/h6-14,33H,15-18H2,1-5H3,(H,30,34)(H,31,36). The number of carbonyl (C=O) groups excluding carboxylic acids is 4. The fourth-order valence-electron chi connectivity index (χ4n) is 4.11. The van der Waals surface area contributed by atoms with Gasteiger partial charge in [0.15, 0.2) is 0 Å². The normalized spacial score (nSPS) is 15.2. The summed E-state index contributed by atoms with van der Waals surface area (Å²) in [5, 5.41) is 15.6. The van der Waals surface area contributed by atoms with E-state index in [1.807, 2.05) is 54.6 Å². The Balaban J connectivity index is 1.61. The molecule has 3 rings (SSSR count). The van der Waals surface area contributed by atoms with Crippen LogP contribution in [0.25, 0.3) is 11.1 Å². The molecular formula is C29H35N3O6. The van der Waals surface area contributed by atoms with Crippen molar-refractivity contribution in [1.82, 2.24) is 15.5 Å². The molecule has 9 nitrogen and oxygen atoms in total. The lowest BCUT2D eigenvalue weighted by molar-refractivity contribution is -0.154. The van der Waals surface area contributed by atoms with Crippen LogP contribution in [0.4, 0.5) is 0 Å². The molecular weight excluding hydrogens is 486 g/mol. The van der Waals surface area contributed by atoms with Crippen molar-refractivity contribution in [2.24, 2.45) is 0 Å². The average Bonchev–Trinajstić information content (AvgIpc) is 2.83. The molecule has 1 heterocycles. The smallest absolute Gasteiger partial charge is 0.325 e. The molecule has 0 aromatic heterocycles. The van der Waals surface area contributed by atoms with E-state index in [2.05, 4.69) is 10.6 Å². The van der Waals surface area contributed by atoms with Crippen LogP contribution < -0.4 is 10.6 Å². The van der Waals surface area contributed by atoms with Gasteiger partial charge < -0.3 is 25.4 Å². The Morgan fingerprint density at radius 3 is 2.18 bits per heavy atom. The molecule has 0 fully saturated rings. The van der Waals surface area contributed by atoms with Crippen molar-refractivity contribution >= 4 is 23.7 Å². The summed E-state index contributed by atoms with van der Waals surface area (Å²) in [4.78, 5) is 51.8. The van der Waals surface area contributed by atoms with Crippen molar-refractivity contribution in [2.45, 2.75) is 58.7 Å². The highest BCUT2D eigenvalue weighted by molar-refractivity contribution is 6.20. The second-order valence-corrected chi connectivity index (χ2v) is 10.8. The molecule has 202 valence electrons. The van der Waals surface area contributed by atoms with E-state index in [4.69, 9.17) is 4.74 Å². The van der Waals surface area contributed by atoms with E-state index in [9.17, 15) is 24.3 Å². The fraction of sp³-hybridized carbons (Fsp3) is 0.379. The number of amides is 3. The van der Waals surface area contributed by atoms with Gasteiger partial charge >= 0.3 is 5.97 Å². The number of aliphatic hydroxyl groups is 1. The van der Waals surface area contributed by atoms with Gasteiger partial charge in [0, 0.05) is 18.5 Å². The molecule has 9 heteroatoms. The van der Waals surface area contributed by atoms with Gasteiger partial charge in [0.25, 0.3) is 11.8 Å². The number of carbonyl (C=O) groups is 4. The summed E-state index contributed by atoms with van der Waals surface area (Å²) in [7, 11) is 0. The quantitative estimate of drug-likeness (QED) is 0.362. The van der Waals surface area contributed by atoms with E-state index in [1.54, 1.807) is 34.6 Å². The molecule has 3 amide bonds. The zero-order chi connectivity index (χ0) is 28.1. The van der Waals surface area contributed by atoms with Gasteiger partial charge in [-0.15, -0.1) is 0 Å². The topological polar surface area (TPSA) is 125 Å². The molecule has 0 aliphatic carbocycles. The maximum atomic E-state index is 13.2. The highest BCUT2D eigenvalue weighted by Gasteiger charge is 2.43. The van der Waals surface area contributed by atoms with Crippen LogP contribution in [0.3, 0.4) is 0 Å². The minimum absolute atomic E-state index is 0.0256. The van der Waals surface area contributed by atoms with Crippen LogP contribution in [0, 0.1) is 0 Å². The number of hydrogen-bond acceptors (Lipinski definition) is 6. The number of ether oxygens (including phenoxy) is 1. The summed E-state index contributed by atoms with van der Waals surface area (Å²) >= 11 is 0. The monoisotopic (exact) mass is 521 g/mol. The molecule has 0 radical (unpaired) electrons. The van der Waals surface area contributed by atoms with Gasteiger partial charge in [-0.25, -0.2) is 0 Å². The highest BCUT2D eigenvalue weighted by atomic mass is 16.6. The Labute approximate surface area is 222 Å². The lowest BCUT2D eigenvalue weighted by atomic mass is 9.89. The van der Waals surface area contributed by atoms with E-state index in [1.165, 1.54) is 4.90 Å². The van der Waals surface area contributed by atoms with Gasteiger partial charge in [-0.05, 0) is 51.3 Å². The van der Waals surface area contributed by atoms with Crippen molar-refractivity contribution in [2.75, 3.05) is 13.1 Å². The minimum Gasteiger partial charge on any atom is -0.511 e. The average molecular weight is 522 g/mol. The van der Waals surface area contributed by atoms with Crippen molar-refractivity contribution in [3.05, 3.63) is 71.5 Å². The summed E-state index contributed by atoms with van der Waals surface area (Å²) in [5.41, 5.74) is 0.910. The van der Waals surface area contributed by atoms with E-state index < -0.39 is 52.7 Å². The van der Waals surface area contributed by atoms with Gasteiger partial charge in [0.05, 0.1) is 0 Å². The SMILES string of the molecule is CC(C)(C)OC(=O)CNC(=O)C1=C(O)CC(C)(C)N(CC(=O)NCc2ccc(-c3ccccc3)cc2)C1=O. The van der Waals surface area contributed by atoms with Gasteiger partial charge in [-0.2, -0.15) is 0 Å². The van der Waals surface area contributed by atoms with Crippen LogP contribution in [0.15, 0.2) is 65.9 Å². The summed E-state index contributed by atoms with van der Waals surface area (Å²) in [6.45, 7) is 7.97. The second-order valence-electron chi connectivity index (χ2n) is 10.8. The summed E-state index contributed by atoms with van der Waals surface area (Å²) < 4.78 is 5.15. The third-order valence-electron chi connectivity index (χ3n) is 5.97. The third-order valence-corrected chi connectivity index (χ3v) is 5.97. The molecule has 0 saturated heterocycles. The van der Waals surface area contributed by atoms with Gasteiger partial charge in [-0.1, -0.05) is 54.6 Å². The molecule has 0 bridgehead atoms. The van der Waals surface area contributed by atoms with Crippen molar-refractivity contribution in [3.63, 3.8) is 0 Å². The van der Waals surface area contributed by atoms with Crippen LogP contribution in [0.5, 0.6) is 0 Å². The molecule has 2 aromatic rings. The molecule has 0 spiro atoms. The Morgan fingerprint density at radius 2 is 1.58 bits per heavy atom. The Morgan fingerprint density at radius 1 is 0.974 bits per heavy atom. The Hall–Kier alpha value is -4.14. The maximum absolute atomic E-state index is 13.2. The first-order valence-electron chi connectivity index (χ1n) is 12.4. The molecule has 38 heavy (non-hydrogen) atoms. The predicted octanol–water partition coefficient (Wildman–Crippen LogP) is 3.25. The number of nitrogens with zero attached hydrogens (tertiary/aromatic N) is 1. The number of nitrogens with one attached hydrogen (secondary N) is 2. The maximum Gasteiger partial charge on any atom is 0.325 e. The van der Waals surface area contributed by atoms with E-state index in [0.29, 0.717) is 0 Å². The van der Waals surface area contributed by atoms with Crippen molar-refractivity contribution in [3.8, 4) is 11.1 Å². The molecule has 0 unspecified atom stereocenters. The first-order chi connectivity index (χ1) is 17.8. The van der Waals surface area contributed by atoms with E-state index in [0.717, 1.165) is 16.7 Å². The third kappa shape index (κ3) is 7.44. The highest BCUT2D eigenvalue weighted by Crippen LogP contribution is 2.31. The molecule has 1 aliphatic rings. The second kappa shape index (κ2) is 11.5. The number of aliphatic hydroxyl groups excluding tert-OH is 1. The number of esters is 1. The van der Waals surface area contributed by atoms with Crippen LogP contribution in [-0.2, 0) is 30.5 Å². The summed E-state index contributed by atoms with van der Waals surface area (Å²) in [6, 6.07) is 17.7. The lowest BCUT2D eigenvalue weighted by Crippen LogP contribution is -2.56. The lowest BCUT2D eigenvalue weighted by Gasteiger charge is -2.41. The predicted molar refractivity (Wildman–Crippen MR) is 143 cm³/mol.